The van der Waals surface area contributed by atoms with E-state index in [2.05, 4.69) is 16.9 Å². The molecule has 0 aliphatic carbocycles. The Bertz CT molecular complexity index is 402. The van der Waals surface area contributed by atoms with Crippen LogP contribution in [0, 0.1) is 6.92 Å². The van der Waals surface area contributed by atoms with Gasteiger partial charge in [-0.3, -0.25) is 4.99 Å². The number of nitrogens with zero attached hydrogens (tertiary/aromatic N) is 2. The summed E-state index contributed by atoms with van der Waals surface area (Å²) in [6.45, 7) is 6.02. The minimum absolute atomic E-state index is 0.432. The normalized spacial score (nSPS) is 11.7. The van der Waals surface area contributed by atoms with Crippen LogP contribution < -0.4 is 4.74 Å². The van der Waals surface area contributed by atoms with Gasteiger partial charge in [-0.2, -0.15) is 0 Å². The molecule has 1 aromatic heterocycles. The van der Waals surface area contributed by atoms with E-state index in [1.165, 1.54) is 0 Å². The number of aliphatic imine (C=N–C) groups is 1. The molecule has 0 radical (unpaired) electrons. The van der Waals surface area contributed by atoms with E-state index in [1.54, 1.807) is 13.2 Å². The summed E-state index contributed by atoms with van der Waals surface area (Å²) in [5, 5.41) is 0.432. The lowest BCUT2D eigenvalue weighted by molar-refractivity contribution is 0.415. The SMILES string of the molecule is CCCC(C)=Nc1c(OC)cc(Cl)nc1C. The highest BCUT2D eigenvalue weighted by molar-refractivity contribution is 6.29. The largest absolute Gasteiger partial charge is 0.494 e. The predicted octanol–water partition coefficient (Wildman–Crippen LogP) is 3.94. The number of aryl methyl sites for hydroxylation is 1. The van der Waals surface area contributed by atoms with Gasteiger partial charge in [0.1, 0.15) is 16.6 Å². The van der Waals surface area contributed by atoms with Crippen LogP contribution in [0.15, 0.2) is 11.1 Å². The molecule has 1 aromatic rings. The highest BCUT2D eigenvalue weighted by Gasteiger charge is 2.09. The van der Waals surface area contributed by atoms with Crippen LogP contribution >= 0.6 is 11.6 Å². The van der Waals surface area contributed by atoms with E-state index in [-0.39, 0.29) is 0 Å². The van der Waals surface area contributed by atoms with Gasteiger partial charge >= 0.3 is 0 Å². The summed E-state index contributed by atoms with van der Waals surface area (Å²) in [4.78, 5) is 8.70. The van der Waals surface area contributed by atoms with Crippen molar-refractivity contribution in [2.45, 2.75) is 33.6 Å². The first kappa shape index (κ1) is 13.0. The average molecular weight is 241 g/mol. The first-order chi connectivity index (χ1) is 7.58. The Morgan fingerprint density at radius 1 is 1.56 bits per heavy atom. The maximum Gasteiger partial charge on any atom is 0.149 e. The minimum Gasteiger partial charge on any atom is -0.494 e. The lowest BCUT2D eigenvalue weighted by Gasteiger charge is -2.08. The third kappa shape index (κ3) is 3.20. The third-order valence-electron chi connectivity index (χ3n) is 2.24. The fraction of sp³-hybridized carbons (Fsp3) is 0.500. The summed E-state index contributed by atoms with van der Waals surface area (Å²) in [5.41, 5.74) is 2.64. The number of pyridine rings is 1. The zero-order valence-electron chi connectivity index (χ0n) is 10.2. The van der Waals surface area contributed by atoms with Gasteiger partial charge in [0.25, 0.3) is 0 Å². The number of hydrogen-bond donors (Lipinski definition) is 0. The van der Waals surface area contributed by atoms with Crippen LogP contribution in [-0.4, -0.2) is 17.8 Å². The number of halogens is 1. The Labute approximate surface area is 102 Å². The van der Waals surface area contributed by atoms with Crippen LogP contribution in [0.1, 0.15) is 32.4 Å². The second kappa shape index (κ2) is 5.85. The average Bonchev–Trinajstić information content (AvgIpc) is 2.22. The molecule has 0 aliphatic rings. The fourth-order valence-electron chi connectivity index (χ4n) is 1.50. The van der Waals surface area contributed by atoms with Crippen molar-refractivity contribution in [3.8, 4) is 5.75 Å². The molecule has 0 amide bonds. The minimum atomic E-state index is 0.432. The Hall–Kier alpha value is -1.09. The van der Waals surface area contributed by atoms with Gasteiger partial charge in [0.15, 0.2) is 0 Å². The van der Waals surface area contributed by atoms with Gasteiger partial charge in [-0.15, -0.1) is 0 Å². The predicted molar refractivity (Wildman–Crippen MR) is 68.2 cm³/mol. The molecule has 0 spiro atoms. The Balaban J connectivity index is 3.16. The molecule has 0 atom stereocenters. The van der Waals surface area contributed by atoms with Crippen molar-refractivity contribution < 1.29 is 4.74 Å². The Morgan fingerprint density at radius 2 is 2.25 bits per heavy atom. The molecular weight excluding hydrogens is 224 g/mol. The number of ether oxygens (including phenoxy) is 1. The lowest BCUT2D eigenvalue weighted by atomic mass is 10.2. The molecule has 4 heteroatoms. The molecule has 0 aliphatic heterocycles. The number of aromatic nitrogens is 1. The molecule has 0 saturated heterocycles. The van der Waals surface area contributed by atoms with Crippen LogP contribution in [0.3, 0.4) is 0 Å². The topological polar surface area (TPSA) is 34.5 Å². The van der Waals surface area contributed by atoms with E-state index >= 15 is 0 Å². The maximum atomic E-state index is 5.86. The monoisotopic (exact) mass is 240 g/mol. The standard InChI is InChI=1S/C12H17ClN2O/c1-5-6-8(2)14-12-9(3)15-11(13)7-10(12)16-4/h7H,5-6H2,1-4H3. The second-order valence-corrected chi connectivity index (χ2v) is 4.07. The zero-order chi connectivity index (χ0) is 12.1. The summed E-state index contributed by atoms with van der Waals surface area (Å²) in [7, 11) is 1.61. The number of hydrogen-bond acceptors (Lipinski definition) is 3. The van der Waals surface area contributed by atoms with E-state index in [4.69, 9.17) is 16.3 Å². The highest BCUT2D eigenvalue weighted by atomic mass is 35.5. The summed E-state index contributed by atoms with van der Waals surface area (Å²) < 4.78 is 5.25. The van der Waals surface area contributed by atoms with Gasteiger partial charge in [-0.25, -0.2) is 4.98 Å². The van der Waals surface area contributed by atoms with Crippen molar-refractivity contribution in [2.75, 3.05) is 7.11 Å². The molecule has 0 N–H and O–H groups in total. The van der Waals surface area contributed by atoms with Crippen molar-refractivity contribution >= 4 is 23.0 Å². The molecule has 0 fully saturated rings. The van der Waals surface area contributed by atoms with Gasteiger partial charge < -0.3 is 4.74 Å². The van der Waals surface area contributed by atoms with Crippen molar-refractivity contribution in [2.24, 2.45) is 4.99 Å². The van der Waals surface area contributed by atoms with Crippen molar-refractivity contribution in [1.82, 2.24) is 4.98 Å². The molecule has 1 rings (SSSR count). The maximum absolute atomic E-state index is 5.86. The molecule has 16 heavy (non-hydrogen) atoms. The summed E-state index contributed by atoms with van der Waals surface area (Å²) in [5.74, 6) is 0.674. The molecule has 0 unspecified atom stereocenters. The number of methoxy groups -OCH3 is 1. The van der Waals surface area contributed by atoms with E-state index in [0.29, 0.717) is 10.9 Å². The first-order valence-electron chi connectivity index (χ1n) is 5.33. The van der Waals surface area contributed by atoms with E-state index in [9.17, 15) is 0 Å². The Kier molecular flexibility index (Phi) is 4.74. The van der Waals surface area contributed by atoms with Gasteiger partial charge in [-0.1, -0.05) is 24.9 Å². The van der Waals surface area contributed by atoms with Gasteiger partial charge in [0.05, 0.1) is 12.8 Å². The fourth-order valence-corrected chi connectivity index (χ4v) is 1.73. The van der Waals surface area contributed by atoms with Crippen LogP contribution in [0.4, 0.5) is 5.69 Å². The number of rotatable bonds is 4. The summed E-state index contributed by atoms with van der Waals surface area (Å²) >= 11 is 5.86. The second-order valence-electron chi connectivity index (χ2n) is 3.68. The molecule has 0 aromatic carbocycles. The van der Waals surface area contributed by atoms with Crippen LogP contribution in [0.2, 0.25) is 5.15 Å². The van der Waals surface area contributed by atoms with Gasteiger partial charge in [-0.05, 0) is 20.3 Å². The molecule has 0 bridgehead atoms. The summed E-state index contributed by atoms with van der Waals surface area (Å²) in [6, 6.07) is 1.69. The van der Waals surface area contributed by atoms with Crippen molar-refractivity contribution in [1.29, 1.82) is 0 Å². The Morgan fingerprint density at radius 3 is 2.81 bits per heavy atom. The smallest absolute Gasteiger partial charge is 0.149 e. The van der Waals surface area contributed by atoms with Gasteiger partial charge in [0, 0.05) is 11.8 Å². The molecule has 3 nitrogen and oxygen atoms in total. The van der Waals surface area contributed by atoms with E-state index in [0.717, 1.165) is 29.9 Å². The van der Waals surface area contributed by atoms with Crippen LogP contribution in [0.25, 0.3) is 0 Å². The zero-order valence-corrected chi connectivity index (χ0v) is 10.9. The molecular formula is C12H17ClN2O. The molecule has 0 saturated carbocycles. The van der Waals surface area contributed by atoms with Crippen molar-refractivity contribution in [3.05, 3.63) is 16.9 Å². The summed E-state index contributed by atoms with van der Waals surface area (Å²) in [6.07, 6.45) is 2.06. The van der Waals surface area contributed by atoms with Gasteiger partial charge in [0.2, 0.25) is 0 Å². The van der Waals surface area contributed by atoms with Crippen LogP contribution in [0.5, 0.6) is 5.75 Å². The lowest BCUT2D eigenvalue weighted by Crippen LogP contribution is -1.94. The quantitative estimate of drug-likeness (QED) is 0.590. The third-order valence-corrected chi connectivity index (χ3v) is 2.43. The highest BCUT2D eigenvalue weighted by Crippen LogP contribution is 2.32. The first-order valence-corrected chi connectivity index (χ1v) is 5.71. The van der Waals surface area contributed by atoms with E-state index < -0.39 is 0 Å². The molecule has 88 valence electrons. The van der Waals surface area contributed by atoms with Crippen LogP contribution in [-0.2, 0) is 0 Å². The molecule has 1 heterocycles. The van der Waals surface area contributed by atoms with E-state index in [1.807, 2.05) is 13.8 Å². The van der Waals surface area contributed by atoms with Crippen molar-refractivity contribution in [3.63, 3.8) is 0 Å².